The van der Waals surface area contributed by atoms with Crippen LogP contribution in [0.15, 0.2) is 24.3 Å². The van der Waals surface area contributed by atoms with E-state index >= 15 is 0 Å². The zero-order chi connectivity index (χ0) is 11.7. The summed E-state index contributed by atoms with van der Waals surface area (Å²) in [4.78, 5) is 11.1. The average molecular weight is 239 g/mol. The maximum absolute atomic E-state index is 11.1. The molecule has 1 aliphatic carbocycles. The molecule has 0 aromatic heterocycles. The molecule has 1 amide bonds. The van der Waals surface area contributed by atoms with Crippen LogP contribution in [0.4, 0.5) is 0 Å². The summed E-state index contributed by atoms with van der Waals surface area (Å²) in [5.41, 5.74) is 12.4. The minimum absolute atomic E-state index is 0.0914. The van der Waals surface area contributed by atoms with Crippen molar-refractivity contribution in [2.45, 2.75) is 18.9 Å². The van der Waals surface area contributed by atoms with Gasteiger partial charge in [0.05, 0.1) is 0 Å². The van der Waals surface area contributed by atoms with Gasteiger partial charge in [-0.1, -0.05) is 29.8 Å². The zero-order valence-electron chi connectivity index (χ0n) is 8.90. The first-order valence-electron chi connectivity index (χ1n) is 5.40. The first-order valence-corrected chi connectivity index (χ1v) is 5.78. The third kappa shape index (κ3) is 1.93. The van der Waals surface area contributed by atoms with Gasteiger partial charge in [0.25, 0.3) is 0 Å². The van der Waals surface area contributed by atoms with E-state index in [0.717, 1.165) is 18.4 Å². The highest BCUT2D eigenvalue weighted by atomic mass is 35.5. The second-order valence-electron chi connectivity index (χ2n) is 4.30. The molecule has 0 saturated heterocycles. The van der Waals surface area contributed by atoms with Crippen LogP contribution >= 0.6 is 11.6 Å². The Bertz CT molecular complexity index is 408. The molecule has 3 atom stereocenters. The predicted molar refractivity (Wildman–Crippen MR) is 63.8 cm³/mol. The van der Waals surface area contributed by atoms with Gasteiger partial charge in [0.15, 0.2) is 0 Å². The van der Waals surface area contributed by atoms with Gasteiger partial charge in [-0.2, -0.15) is 0 Å². The molecule has 1 aromatic rings. The molecule has 1 aliphatic rings. The Morgan fingerprint density at radius 2 is 2.06 bits per heavy atom. The highest BCUT2D eigenvalue weighted by molar-refractivity contribution is 6.31. The molecule has 4 N–H and O–H groups in total. The molecule has 0 aliphatic heterocycles. The SMILES string of the molecule is NC(=O)C1CCC1C(N)c1ccccc1Cl. The number of halogens is 1. The van der Waals surface area contributed by atoms with Crippen LogP contribution in [-0.2, 0) is 4.79 Å². The van der Waals surface area contributed by atoms with Crippen LogP contribution in [-0.4, -0.2) is 5.91 Å². The monoisotopic (exact) mass is 238 g/mol. The van der Waals surface area contributed by atoms with Crippen molar-refractivity contribution < 1.29 is 4.79 Å². The van der Waals surface area contributed by atoms with Crippen molar-refractivity contribution in [2.75, 3.05) is 0 Å². The van der Waals surface area contributed by atoms with Crippen LogP contribution in [0, 0.1) is 11.8 Å². The molecule has 1 fully saturated rings. The first-order chi connectivity index (χ1) is 7.61. The van der Waals surface area contributed by atoms with Gasteiger partial charge in [-0.05, 0) is 30.4 Å². The third-order valence-electron chi connectivity index (χ3n) is 3.42. The van der Waals surface area contributed by atoms with E-state index in [-0.39, 0.29) is 23.8 Å². The number of nitrogens with two attached hydrogens (primary N) is 2. The Morgan fingerprint density at radius 1 is 1.38 bits per heavy atom. The summed E-state index contributed by atoms with van der Waals surface area (Å²) in [6.07, 6.45) is 1.79. The Labute approximate surface area is 99.8 Å². The second-order valence-corrected chi connectivity index (χ2v) is 4.70. The molecule has 1 aromatic carbocycles. The van der Waals surface area contributed by atoms with Gasteiger partial charge < -0.3 is 11.5 Å². The van der Waals surface area contributed by atoms with Crippen molar-refractivity contribution in [1.82, 2.24) is 0 Å². The molecule has 1 saturated carbocycles. The standard InChI is InChI=1S/C12H15ClN2O/c13-10-4-2-1-3-9(10)11(14)7-5-6-8(7)12(15)16/h1-4,7-8,11H,5-6,14H2,(H2,15,16). The van der Waals surface area contributed by atoms with Gasteiger partial charge >= 0.3 is 0 Å². The molecule has 0 bridgehead atoms. The van der Waals surface area contributed by atoms with Gasteiger partial charge in [-0.3, -0.25) is 4.79 Å². The van der Waals surface area contributed by atoms with Crippen molar-refractivity contribution in [3.63, 3.8) is 0 Å². The molecule has 0 radical (unpaired) electrons. The number of hydrogen-bond donors (Lipinski definition) is 2. The molecular formula is C12H15ClN2O. The van der Waals surface area contributed by atoms with Crippen molar-refractivity contribution in [1.29, 1.82) is 0 Å². The lowest BCUT2D eigenvalue weighted by Gasteiger charge is -2.38. The predicted octanol–water partition coefficient (Wildman–Crippen LogP) is 1.85. The number of benzene rings is 1. The van der Waals surface area contributed by atoms with Crippen molar-refractivity contribution in [3.05, 3.63) is 34.9 Å². The Morgan fingerprint density at radius 3 is 2.56 bits per heavy atom. The molecule has 3 unspecified atom stereocenters. The topological polar surface area (TPSA) is 69.1 Å². The van der Waals surface area contributed by atoms with E-state index in [2.05, 4.69) is 0 Å². The summed E-state index contributed by atoms with van der Waals surface area (Å²) in [6.45, 7) is 0. The number of rotatable bonds is 3. The van der Waals surface area contributed by atoms with Gasteiger partial charge in [-0.15, -0.1) is 0 Å². The van der Waals surface area contributed by atoms with E-state index in [1.165, 1.54) is 0 Å². The summed E-state index contributed by atoms with van der Waals surface area (Å²) in [6, 6.07) is 7.29. The van der Waals surface area contributed by atoms with E-state index in [1.54, 1.807) is 0 Å². The zero-order valence-corrected chi connectivity index (χ0v) is 9.65. The Hall–Kier alpha value is -1.06. The van der Waals surface area contributed by atoms with Gasteiger partial charge in [0, 0.05) is 17.0 Å². The highest BCUT2D eigenvalue weighted by Gasteiger charge is 2.39. The molecule has 0 heterocycles. The number of primary amides is 1. The van der Waals surface area contributed by atoms with E-state index < -0.39 is 0 Å². The fourth-order valence-corrected chi connectivity index (χ4v) is 2.55. The summed E-state index contributed by atoms with van der Waals surface area (Å²) < 4.78 is 0. The lowest BCUT2D eigenvalue weighted by molar-refractivity contribution is -0.127. The molecule has 2 rings (SSSR count). The maximum Gasteiger partial charge on any atom is 0.220 e. The van der Waals surface area contributed by atoms with Gasteiger partial charge in [0.2, 0.25) is 5.91 Å². The van der Waals surface area contributed by atoms with Crippen molar-refractivity contribution in [2.24, 2.45) is 23.3 Å². The smallest absolute Gasteiger partial charge is 0.220 e. The van der Waals surface area contributed by atoms with Crippen LogP contribution in [0.5, 0.6) is 0 Å². The molecule has 4 heteroatoms. The fourth-order valence-electron chi connectivity index (χ4n) is 2.28. The normalized spacial score (nSPS) is 25.9. The molecule has 3 nitrogen and oxygen atoms in total. The van der Waals surface area contributed by atoms with E-state index in [4.69, 9.17) is 23.1 Å². The number of amides is 1. The number of carbonyl (C=O) groups excluding carboxylic acids is 1. The Kier molecular flexibility index (Phi) is 3.17. The van der Waals surface area contributed by atoms with Crippen LogP contribution < -0.4 is 11.5 Å². The molecule has 0 spiro atoms. The van der Waals surface area contributed by atoms with Crippen LogP contribution in [0.25, 0.3) is 0 Å². The van der Waals surface area contributed by atoms with E-state index in [1.807, 2.05) is 24.3 Å². The average Bonchev–Trinajstić information content (AvgIpc) is 2.15. The summed E-state index contributed by atoms with van der Waals surface area (Å²) >= 11 is 6.08. The van der Waals surface area contributed by atoms with Crippen molar-refractivity contribution in [3.8, 4) is 0 Å². The lowest BCUT2D eigenvalue weighted by Crippen LogP contribution is -2.43. The van der Waals surface area contributed by atoms with Crippen LogP contribution in [0.3, 0.4) is 0 Å². The van der Waals surface area contributed by atoms with Crippen molar-refractivity contribution >= 4 is 17.5 Å². The third-order valence-corrected chi connectivity index (χ3v) is 3.76. The number of carbonyl (C=O) groups is 1. The van der Waals surface area contributed by atoms with Gasteiger partial charge in [0.1, 0.15) is 0 Å². The first kappa shape index (κ1) is 11.4. The largest absolute Gasteiger partial charge is 0.369 e. The van der Waals surface area contributed by atoms with E-state index in [0.29, 0.717) is 5.02 Å². The molecule has 86 valence electrons. The number of hydrogen-bond acceptors (Lipinski definition) is 2. The summed E-state index contributed by atoms with van der Waals surface area (Å²) in [7, 11) is 0. The fraction of sp³-hybridized carbons (Fsp3) is 0.417. The molecule has 16 heavy (non-hydrogen) atoms. The summed E-state index contributed by atoms with van der Waals surface area (Å²) in [5, 5.41) is 0.658. The second kappa shape index (κ2) is 4.44. The van der Waals surface area contributed by atoms with Crippen LogP contribution in [0.2, 0.25) is 5.02 Å². The van der Waals surface area contributed by atoms with E-state index in [9.17, 15) is 4.79 Å². The van der Waals surface area contributed by atoms with Crippen LogP contribution in [0.1, 0.15) is 24.4 Å². The summed E-state index contributed by atoms with van der Waals surface area (Å²) in [5.74, 6) is -0.206. The maximum atomic E-state index is 11.1. The lowest BCUT2D eigenvalue weighted by atomic mass is 9.68. The Balaban J connectivity index is 2.17. The minimum atomic E-state index is -0.251. The molecular weight excluding hydrogens is 224 g/mol. The quantitative estimate of drug-likeness (QED) is 0.844. The minimum Gasteiger partial charge on any atom is -0.369 e. The highest BCUT2D eigenvalue weighted by Crippen LogP contribution is 2.42. The van der Waals surface area contributed by atoms with Gasteiger partial charge in [-0.25, -0.2) is 0 Å².